The highest BCUT2D eigenvalue weighted by Gasteiger charge is 2.15. The van der Waals surface area contributed by atoms with Crippen LogP contribution in [0, 0.1) is 0 Å². The van der Waals surface area contributed by atoms with E-state index in [9.17, 15) is 14.7 Å². The molecule has 2 aromatic carbocycles. The smallest absolute Gasteiger partial charge is 0.193 e. The lowest BCUT2D eigenvalue weighted by Crippen LogP contribution is -2.03. The first-order valence-corrected chi connectivity index (χ1v) is 6.96. The molecule has 3 aromatic rings. The molecule has 3 rings (SSSR count). The average molecular weight is 310 g/mol. The number of ether oxygens (including phenoxy) is 1. The average Bonchev–Trinajstić information content (AvgIpc) is 2.53. The Morgan fingerprint density at radius 3 is 2.61 bits per heavy atom. The molecule has 1 N–H and O–H groups in total. The van der Waals surface area contributed by atoms with Gasteiger partial charge in [0.05, 0.1) is 23.6 Å². The van der Waals surface area contributed by atoms with Crippen molar-refractivity contribution < 1.29 is 19.1 Å². The van der Waals surface area contributed by atoms with E-state index >= 15 is 0 Å². The second-order valence-corrected chi connectivity index (χ2v) is 5.10. The van der Waals surface area contributed by atoms with Crippen LogP contribution in [0.5, 0.6) is 11.5 Å². The van der Waals surface area contributed by atoms with Crippen molar-refractivity contribution in [3.63, 3.8) is 0 Å². The van der Waals surface area contributed by atoms with Crippen LogP contribution in [0.15, 0.2) is 51.7 Å². The second-order valence-electron chi connectivity index (χ2n) is 5.10. The zero-order valence-corrected chi connectivity index (χ0v) is 12.6. The highest BCUT2D eigenvalue weighted by molar-refractivity contribution is 6.00. The summed E-state index contributed by atoms with van der Waals surface area (Å²) in [6.07, 6.45) is 0. The summed E-state index contributed by atoms with van der Waals surface area (Å²) in [6, 6.07) is 11.1. The van der Waals surface area contributed by atoms with E-state index in [1.54, 1.807) is 18.2 Å². The van der Waals surface area contributed by atoms with Gasteiger partial charge in [0.15, 0.2) is 11.2 Å². The largest absolute Gasteiger partial charge is 0.507 e. The SMILES string of the molecule is COc1ccccc1-c1cc(=O)c2cc(C(C)=O)c(O)cc2o1. The number of para-hydroxylation sites is 1. The van der Waals surface area contributed by atoms with Crippen LogP contribution in [0.3, 0.4) is 0 Å². The lowest BCUT2D eigenvalue weighted by molar-refractivity contribution is 0.101. The standard InChI is InChI=1S/C18H14O5/c1-10(19)12-7-13-15(21)9-17(23-18(13)8-14(12)20)11-5-3-4-6-16(11)22-2/h3-9,20H,1-2H3. The monoisotopic (exact) mass is 310 g/mol. The first-order chi connectivity index (χ1) is 11.0. The Hall–Kier alpha value is -3.08. The van der Waals surface area contributed by atoms with E-state index in [1.165, 1.54) is 32.2 Å². The Balaban J connectivity index is 2.29. The number of rotatable bonds is 3. The van der Waals surface area contributed by atoms with Gasteiger partial charge in [0, 0.05) is 12.1 Å². The van der Waals surface area contributed by atoms with Gasteiger partial charge in [-0.05, 0) is 25.1 Å². The molecule has 5 nitrogen and oxygen atoms in total. The highest BCUT2D eigenvalue weighted by atomic mass is 16.5. The molecule has 0 aliphatic rings. The number of carbonyl (C=O) groups is 1. The molecule has 0 aliphatic carbocycles. The molecular formula is C18H14O5. The first-order valence-electron chi connectivity index (χ1n) is 6.96. The number of phenolic OH excluding ortho intramolecular Hbond substituents is 1. The third-order valence-electron chi connectivity index (χ3n) is 3.60. The van der Waals surface area contributed by atoms with Crippen molar-refractivity contribution in [3.05, 3.63) is 58.3 Å². The highest BCUT2D eigenvalue weighted by Crippen LogP contribution is 2.32. The number of fused-ring (bicyclic) bond motifs is 1. The number of benzene rings is 2. The number of ketones is 1. The third-order valence-corrected chi connectivity index (χ3v) is 3.60. The molecule has 0 spiro atoms. The predicted molar refractivity (Wildman–Crippen MR) is 86.1 cm³/mol. The third kappa shape index (κ3) is 2.57. The molecule has 0 unspecified atom stereocenters. The summed E-state index contributed by atoms with van der Waals surface area (Å²) >= 11 is 0. The van der Waals surface area contributed by atoms with Gasteiger partial charge in [0.1, 0.15) is 22.8 Å². The molecule has 0 amide bonds. The van der Waals surface area contributed by atoms with E-state index in [2.05, 4.69) is 0 Å². The molecule has 23 heavy (non-hydrogen) atoms. The van der Waals surface area contributed by atoms with Crippen molar-refractivity contribution in [2.45, 2.75) is 6.92 Å². The van der Waals surface area contributed by atoms with E-state index in [1.807, 2.05) is 6.07 Å². The number of Topliss-reactive ketones (excluding diaryl/α,β-unsaturated/α-hetero) is 1. The van der Waals surface area contributed by atoms with Gasteiger partial charge in [-0.25, -0.2) is 0 Å². The van der Waals surface area contributed by atoms with Crippen LogP contribution in [0.1, 0.15) is 17.3 Å². The molecule has 116 valence electrons. The van der Waals surface area contributed by atoms with Crippen molar-refractivity contribution in [1.29, 1.82) is 0 Å². The van der Waals surface area contributed by atoms with Gasteiger partial charge < -0.3 is 14.3 Å². The number of aromatic hydroxyl groups is 1. The summed E-state index contributed by atoms with van der Waals surface area (Å²) in [4.78, 5) is 23.8. The molecular weight excluding hydrogens is 296 g/mol. The summed E-state index contributed by atoms with van der Waals surface area (Å²) in [6.45, 7) is 1.33. The minimum absolute atomic E-state index is 0.0924. The summed E-state index contributed by atoms with van der Waals surface area (Å²) in [5.41, 5.74) is 0.634. The Kier molecular flexibility index (Phi) is 3.62. The van der Waals surface area contributed by atoms with Gasteiger partial charge in [0.25, 0.3) is 0 Å². The van der Waals surface area contributed by atoms with Crippen LogP contribution < -0.4 is 10.2 Å². The van der Waals surface area contributed by atoms with Crippen LogP contribution in [-0.4, -0.2) is 18.0 Å². The van der Waals surface area contributed by atoms with Gasteiger partial charge in [-0.1, -0.05) is 12.1 Å². The lowest BCUT2D eigenvalue weighted by Gasteiger charge is -2.09. The van der Waals surface area contributed by atoms with Gasteiger partial charge >= 0.3 is 0 Å². The van der Waals surface area contributed by atoms with E-state index in [0.717, 1.165) is 0 Å². The fraction of sp³-hybridized carbons (Fsp3) is 0.111. The normalized spacial score (nSPS) is 10.7. The van der Waals surface area contributed by atoms with Crippen LogP contribution >= 0.6 is 0 Å². The Bertz CT molecular complexity index is 969. The number of methoxy groups -OCH3 is 1. The maximum atomic E-state index is 12.4. The van der Waals surface area contributed by atoms with Gasteiger partial charge in [-0.2, -0.15) is 0 Å². The Labute approximate surface area is 131 Å². The van der Waals surface area contributed by atoms with E-state index in [0.29, 0.717) is 17.1 Å². The summed E-state index contributed by atoms with van der Waals surface area (Å²) in [5.74, 6) is 0.359. The molecule has 0 saturated carbocycles. The Morgan fingerprint density at radius 2 is 1.91 bits per heavy atom. The molecule has 0 atom stereocenters. The number of carbonyl (C=O) groups excluding carboxylic acids is 1. The molecule has 1 aromatic heterocycles. The van der Waals surface area contributed by atoms with E-state index in [-0.39, 0.29) is 33.5 Å². The molecule has 0 aliphatic heterocycles. The summed E-state index contributed by atoms with van der Waals surface area (Å²) in [5, 5.41) is 10.2. The molecule has 0 bridgehead atoms. The van der Waals surface area contributed by atoms with Crippen LogP contribution in [-0.2, 0) is 0 Å². The van der Waals surface area contributed by atoms with Crippen LogP contribution in [0.4, 0.5) is 0 Å². The van der Waals surface area contributed by atoms with Crippen molar-refractivity contribution in [2.24, 2.45) is 0 Å². The molecule has 0 radical (unpaired) electrons. The van der Waals surface area contributed by atoms with E-state index in [4.69, 9.17) is 9.15 Å². The number of phenols is 1. The molecule has 0 fully saturated rings. The summed E-state index contributed by atoms with van der Waals surface area (Å²) < 4.78 is 11.0. The maximum Gasteiger partial charge on any atom is 0.193 e. The fourth-order valence-corrected chi connectivity index (χ4v) is 2.45. The molecule has 5 heteroatoms. The maximum absolute atomic E-state index is 12.4. The molecule has 0 saturated heterocycles. The lowest BCUT2D eigenvalue weighted by atomic mass is 10.1. The predicted octanol–water partition coefficient (Wildman–Crippen LogP) is 3.38. The number of hydrogen-bond donors (Lipinski definition) is 1. The van der Waals surface area contributed by atoms with Gasteiger partial charge in [-0.3, -0.25) is 9.59 Å². The topological polar surface area (TPSA) is 76.7 Å². The van der Waals surface area contributed by atoms with Crippen LogP contribution in [0.25, 0.3) is 22.3 Å². The summed E-state index contributed by atoms with van der Waals surface area (Å²) in [7, 11) is 1.53. The fourth-order valence-electron chi connectivity index (χ4n) is 2.45. The first kappa shape index (κ1) is 14.8. The number of hydrogen-bond acceptors (Lipinski definition) is 5. The van der Waals surface area contributed by atoms with Crippen molar-refractivity contribution in [3.8, 4) is 22.8 Å². The van der Waals surface area contributed by atoms with E-state index < -0.39 is 0 Å². The zero-order chi connectivity index (χ0) is 16.6. The van der Waals surface area contributed by atoms with Crippen molar-refractivity contribution in [1.82, 2.24) is 0 Å². The van der Waals surface area contributed by atoms with Gasteiger partial charge in [-0.15, -0.1) is 0 Å². The van der Waals surface area contributed by atoms with Crippen molar-refractivity contribution >= 4 is 16.8 Å². The minimum Gasteiger partial charge on any atom is -0.507 e. The quantitative estimate of drug-likeness (QED) is 0.750. The zero-order valence-electron chi connectivity index (χ0n) is 12.6. The van der Waals surface area contributed by atoms with Gasteiger partial charge in [0.2, 0.25) is 0 Å². The van der Waals surface area contributed by atoms with Crippen molar-refractivity contribution in [2.75, 3.05) is 7.11 Å². The molecule has 1 heterocycles. The Morgan fingerprint density at radius 1 is 1.17 bits per heavy atom. The minimum atomic E-state index is -0.322. The van der Waals surface area contributed by atoms with Crippen LogP contribution in [0.2, 0.25) is 0 Å². The second kappa shape index (κ2) is 5.61.